The molecule has 0 amide bonds. The third-order valence-corrected chi connectivity index (χ3v) is 3.18. The number of rotatable bonds is 2. The number of hydrogen-bond acceptors (Lipinski definition) is 4. The molecule has 1 aromatic rings. The molecule has 0 spiro atoms. The summed E-state index contributed by atoms with van der Waals surface area (Å²) in [5.74, 6) is -0.367. The maximum Gasteiger partial charge on any atom is 0.334 e. The van der Waals surface area contributed by atoms with E-state index in [2.05, 4.69) is 17.1 Å². The molecule has 1 heterocycles. The molecule has 0 N–H and O–H groups in total. The molecule has 0 aromatic heterocycles. The van der Waals surface area contributed by atoms with E-state index in [4.69, 9.17) is 9.47 Å². The molecule has 18 heavy (non-hydrogen) atoms. The maximum atomic E-state index is 11.7. The maximum absolute atomic E-state index is 11.7. The number of esters is 1. The molecule has 0 unspecified atom stereocenters. The summed E-state index contributed by atoms with van der Waals surface area (Å²) in [6.07, 6.45) is 0.961. The first-order valence-corrected chi connectivity index (χ1v) is 5.87. The van der Waals surface area contributed by atoms with Crippen LogP contribution in [0.1, 0.15) is 28.4 Å². The molecule has 0 saturated carbocycles. The standard InChI is InChI=1S/C14H17NO3/c1-8-5-9(2)11(10(3)6-8)13-12(14(16)17-4)15-7-18-13/h5-7,12-13H,1-4H3/t12-,13+/m0/s1. The number of aryl methyl sites for hydroxylation is 3. The van der Waals surface area contributed by atoms with Crippen LogP contribution < -0.4 is 0 Å². The summed E-state index contributed by atoms with van der Waals surface area (Å²) in [4.78, 5) is 15.7. The van der Waals surface area contributed by atoms with Crippen molar-refractivity contribution in [1.82, 2.24) is 0 Å². The van der Waals surface area contributed by atoms with Crippen molar-refractivity contribution in [3.8, 4) is 0 Å². The minimum Gasteiger partial charge on any atom is -0.473 e. The van der Waals surface area contributed by atoms with Gasteiger partial charge in [0.1, 0.15) is 0 Å². The lowest BCUT2D eigenvalue weighted by Gasteiger charge is -2.20. The number of hydrogen-bond donors (Lipinski definition) is 0. The highest BCUT2D eigenvalue weighted by Crippen LogP contribution is 2.32. The molecule has 4 nitrogen and oxygen atoms in total. The first-order valence-electron chi connectivity index (χ1n) is 5.87. The molecule has 1 aliphatic rings. The van der Waals surface area contributed by atoms with Crippen LogP contribution in [0.5, 0.6) is 0 Å². The fourth-order valence-electron chi connectivity index (χ4n) is 2.49. The summed E-state index contributed by atoms with van der Waals surface area (Å²) in [6, 6.07) is 3.56. The Balaban J connectivity index is 2.40. The Labute approximate surface area is 107 Å². The molecule has 0 aliphatic carbocycles. The van der Waals surface area contributed by atoms with Crippen LogP contribution in [0.25, 0.3) is 0 Å². The van der Waals surface area contributed by atoms with Gasteiger partial charge in [-0.25, -0.2) is 9.79 Å². The highest BCUT2D eigenvalue weighted by atomic mass is 16.5. The topological polar surface area (TPSA) is 47.9 Å². The van der Waals surface area contributed by atoms with Gasteiger partial charge in [-0.1, -0.05) is 17.7 Å². The van der Waals surface area contributed by atoms with Crippen molar-refractivity contribution in [3.63, 3.8) is 0 Å². The minimum atomic E-state index is -0.602. The Morgan fingerprint density at radius 2 is 1.89 bits per heavy atom. The van der Waals surface area contributed by atoms with Crippen molar-refractivity contribution < 1.29 is 14.3 Å². The highest BCUT2D eigenvalue weighted by molar-refractivity contribution is 5.80. The van der Waals surface area contributed by atoms with Crippen molar-refractivity contribution in [2.24, 2.45) is 4.99 Å². The van der Waals surface area contributed by atoms with Crippen molar-refractivity contribution in [2.75, 3.05) is 7.11 Å². The molecule has 0 radical (unpaired) electrons. The first kappa shape index (κ1) is 12.6. The van der Waals surface area contributed by atoms with Gasteiger partial charge in [-0.3, -0.25) is 0 Å². The third-order valence-electron chi connectivity index (χ3n) is 3.18. The van der Waals surface area contributed by atoms with E-state index < -0.39 is 6.04 Å². The highest BCUT2D eigenvalue weighted by Gasteiger charge is 2.36. The number of aliphatic imine (C=N–C) groups is 1. The van der Waals surface area contributed by atoms with Crippen LogP contribution in [0.2, 0.25) is 0 Å². The van der Waals surface area contributed by atoms with Crippen molar-refractivity contribution in [2.45, 2.75) is 32.9 Å². The third kappa shape index (κ3) is 2.10. The van der Waals surface area contributed by atoms with E-state index >= 15 is 0 Å². The smallest absolute Gasteiger partial charge is 0.334 e. The van der Waals surface area contributed by atoms with Gasteiger partial charge in [-0.2, -0.15) is 0 Å². The molecule has 1 aromatic carbocycles. The molecular weight excluding hydrogens is 230 g/mol. The lowest BCUT2D eigenvalue weighted by molar-refractivity contribution is -0.143. The Kier molecular flexibility index (Phi) is 3.36. The second-order valence-corrected chi connectivity index (χ2v) is 4.59. The normalized spacial score (nSPS) is 21.8. The van der Waals surface area contributed by atoms with E-state index in [1.807, 2.05) is 20.8 Å². The van der Waals surface area contributed by atoms with E-state index in [1.54, 1.807) is 0 Å². The predicted octanol–water partition coefficient (Wildman–Crippen LogP) is 2.25. The molecule has 2 rings (SSSR count). The van der Waals surface area contributed by atoms with E-state index in [9.17, 15) is 4.79 Å². The van der Waals surface area contributed by atoms with Crippen LogP contribution >= 0.6 is 0 Å². The zero-order valence-corrected chi connectivity index (χ0v) is 11.1. The second-order valence-electron chi connectivity index (χ2n) is 4.59. The fourth-order valence-corrected chi connectivity index (χ4v) is 2.49. The van der Waals surface area contributed by atoms with Crippen LogP contribution in [-0.2, 0) is 14.3 Å². The minimum absolute atomic E-state index is 0.367. The fraction of sp³-hybridized carbons (Fsp3) is 0.429. The SMILES string of the molecule is COC(=O)[C@H]1N=CO[C@@H]1c1c(C)cc(C)cc1C. The molecule has 0 fully saturated rings. The molecule has 0 saturated heterocycles. The predicted molar refractivity (Wildman–Crippen MR) is 68.8 cm³/mol. The lowest BCUT2D eigenvalue weighted by Crippen LogP contribution is -2.26. The summed E-state index contributed by atoms with van der Waals surface area (Å²) >= 11 is 0. The van der Waals surface area contributed by atoms with Crippen molar-refractivity contribution in [1.29, 1.82) is 0 Å². The Morgan fingerprint density at radius 1 is 1.28 bits per heavy atom. The van der Waals surface area contributed by atoms with Gasteiger partial charge >= 0.3 is 5.97 Å². The van der Waals surface area contributed by atoms with Gasteiger partial charge < -0.3 is 9.47 Å². The number of ether oxygens (including phenoxy) is 2. The average molecular weight is 247 g/mol. The van der Waals surface area contributed by atoms with Crippen LogP contribution in [0, 0.1) is 20.8 Å². The van der Waals surface area contributed by atoms with E-state index in [1.165, 1.54) is 19.1 Å². The molecule has 2 atom stereocenters. The van der Waals surface area contributed by atoms with Gasteiger partial charge in [0.15, 0.2) is 18.5 Å². The average Bonchev–Trinajstić information content (AvgIpc) is 2.75. The summed E-state index contributed by atoms with van der Waals surface area (Å²) in [5.41, 5.74) is 4.43. The van der Waals surface area contributed by atoms with Crippen LogP contribution in [0.15, 0.2) is 17.1 Å². The second kappa shape index (κ2) is 4.80. The zero-order valence-electron chi connectivity index (χ0n) is 11.1. The van der Waals surface area contributed by atoms with Gasteiger partial charge in [0.05, 0.1) is 7.11 Å². The summed E-state index contributed by atoms with van der Waals surface area (Å²) in [5, 5.41) is 0. The molecular formula is C14H17NO3. The molecule has 96 valence electrons. The van der Waals surface area contributed by atoms with Crippen LogP contribution in [0.4, 0.5) is 0 Å². The summed E-state index contributed by atoms with van der Waals surface area (Å²) in [7, 11) is 1.36. The van der Waals surface area contributed by atoms with Gasteiger partial charge in [0.2, 0.25) is 0 Å². The number of methoxy groups -OCH3 is 1. The zero-order chi connectivity index (χ0) is 13.3. The first-order chi connectivity index (χ1) is 8.54. The molecule has 4 heteroatoms. The quantitative estimate of drug-likeness (QED) is 0.753. The summed E-state index contributed by atoms with van der Waals surface area (Å²) < 4.78 is 10.2. The molecule has 0 bridgehead atoms. The Morgan fingerprint density at radius 3 is 2.44 bits per heavy atom. The van der Waals surface area contributed by atoms with E-state index in [0.717, 1.165) is 16.7 Å². The van der Waals surface area contributed by atoms with Gasteiger partial charge in [0, 0.05) is 5.56 Å². The van der Waals surface area contributed by atoms with Gasteiger partial charge in [0.25, 0.3) is 0 Å². The van der Waals surface area contributed by atoms with E-state index in [-0.39, 0.29) is 12.1 Å². The van der Waals surface area contributed by atoms with Gasteiger partial charge in [-0.15, -0.1) is 0 Å². The van der Waals surface area contributed by atoms with Crippen molar-refractivity contribution >= 4 is 12.4 Å². The number of carbonyl (C=O) groups excluding carboxylic acids is 1. The van der Waals surface area contributed by atoms with E-state index in [0.29, 0.717) is 0 Å². The monoisotopic (exact) mass is 247 g/mol. The Hall–Kier alpha value is -1.84. The van der Waals surface area contributed by atoms with Crippen molar-refractivity contribution in [3.05, 3.63) is 34.4 Å². The number of carbonyl (C=O) groups is 1. The Bertz CT molecular complexity index is 485. The van der Waals surface area contributed by atoms with Gasteiger partial charge in [-0.05, 0) is 31.9 Å². The lowest BCUT2D eigenvalue weighted by atomic mass is 9.92. The largest absolute Gasteiger partial charge is 0.473 e. The molecule has 1 aliphatic heterocycles. The summed E-state index contributed by atoms with van der Waals surface area (Å²) in [6.45, 7) is 6.09. The van der Waals surface area contributed by atoms with Crippen LogP contribution in [0.3, 0.4) is 0 Å². The van der Waals surface area contributed by atoms with Crippen LogP contribution in [-0.4, -0.2) is 25.5 Å². The number of benzene rings is 1. The number of nitrogens with zero attached hydrogens (tertiary/aromatic N) is 1.